The van der Waals surface area contributed by atoms with Crippen LogP contribution < -0.4 is 4.74 Å². The highest BCUT2D eigenvalue weighted by Crippen LogP contribution is 2.32. The summed E-state index contributed by atoms with van der Waals surface area (Å²) < 4.78 is 6.51. The summed E-state index contributed by atoms with van der Waals surface area (Å²) in [6, 6.07) is 13.6. The number of benzene rings is 2. The van der Waals surface area contributed by atoms with Crippen LogP contribution in [0.2, 0.25) is 0 Å². The van der Waals surface area contributed by atoms with E-state index in [2.05, 4.69) is 15.9 Å². The average Bonchev–Trinajstić information content (AvgIpc) is 2.40. The molecule has 0 fully saturated rings. The maximum atomic E-state index is 10.5. The zero-order valence-corrected chi connectivity index (χ0v) is 12.6. The van der Waals surface area contributed by atoms with Crippen LogP contribution in [0.5, 0.6) is 5.75 Å². The van der Waals surface area contributed by atoms with E-state index in [1.54, 1.807) is 0 Å². The first kappa shape index (κ1) is 14.1. The van der Waals surface area contributed by atoms with Gasteiger partial charge in [0.05, 0.1) is 6.61 Å². The predicted molar refractivity (Wildman–Crippen MR) is 80.6 cm³/mol. The van der Waals surface area contributed by atoms with Gasteiger partial charge in [-0.3, -0.25) is 0 Å². The number of halogens is 1. The molecule has 1 N–H and O–H groups in total. The van der Waals surface area contributed by atoms with Gasteiger partial charge in [0.1, 0.15) is 11.9 Å². The topological polar surface area (TPSA) is 29.5 Å². The fourth-order valence-corrected chi connectivity index (χ4v) is 2.42. The van der Waals surface area contributed by atoms with E-state index >= 15 is 0 Å². The zero-order chi connectivity index (χ0) is 13.8. The second-order valence-electron chi connectivity index (χ2n) is 4.43. The molecule has 0 bridgehead atoms. The molecule has 3 heteroatoms. The van der Waals surface area contributed by atoms with Gasteiger partial charge in [0.25, 0.3) is 0 Å². The Bertz CT molecular complexity index is 566. The lowest BCUT2D eigenvalue weighted by atomic mass is 9.99. The molecule has 0 saturated heterocycles. The summed E-state index contributed by atoms with van der Waals surface area (Å²) in [5, 5.41) is 10.5. The molecule has 0 aromatic heterocycles. The van der Waals surface area contributed by atoms with Crippen molar-refractivity contribution in [3.05, 3.63) is 63.6 Å². The van der Waals surface area contributed by atoms with E-state index < -0.39 is 6.10 Å². The zero-order valence-electron chi connectivity index (χ0n) is 11.1. The van der Waals surface area contributed by atoms with Crippen LogP contribution in [0.15, 0.2) is 46.9 Å². The lowest BCUT2D eigenvalue weighted by Gasteiger charge is -2.17. The minimum absolute atomic E-state index is 0.579. The fourth-order valence-electron chi connectivity index (χ4n) is 2.04. The molecular weight excluding hydrogens is 304 g/mol. The van der Waals surface area contributed by atoms with E-state index in [-0.39, 0.29) is 0 Å². The van der Waals surface area contributed by atoms with Crippen LogP contribution in [0.25, 0.3) is 0 Å². The first-order valence-electron chi connectivity index (χ1n) is 6.28. The van der Waals surface area contributed by atoms with Gasteiger partial charge in [0.15, 0.2) is 0 Å². The molecule has 0 heterocycles. The Morgan fingerprint density at radius 2 is 2.00 bits per heavy atom. The molecule has 0 aliphatic heterocycles. The Morgan fingerprint density at radius 3 is 2.68 bits per heavy atom. The van der Waals surface area contributed by atoms with Crippen molar-refractivity contribution in [1.29, 1.82) is 0 Å². The first-order valence-corrected chi connectivity index (χ1v) is 7.08. The molecule has 0 spiro atoms. The Labute approximate surface area is 122 Å². The monoisotopic (exact) mass is 320 g/mol. The summed E-state index contributed by atoms with van der Waals surface area (Å²) >= 11 is 3.44. The number of ether oxygens (including phenoxy) is 1. The van der Waals surface area contributed by atoms with E-state index in [4.69, 9.17) is 4.74 Å². The summed E-state index contributed by atoms with van der Waals surface area (Å²) in [7, 11) is 0. The van der Waals surface area contributed by atoms with Gasteiger partial charge in [-0.2, -0.15) is 0 Å². The standard InChI is InChI=1S/C16H17BrO2/c1-3-19-15-8-7-13(17)10-14(15)16(18)12-6-4-5-11(2)9-12/h4-10,16,18H,3H2,1-2H3. The molecule has 0 saturated carbocycles. The second-order valence-corrected chi connectivity index (χ2v) is 5.35. The summed E-state index contributed by atoms with van der Waals surface area (Å²) in [6.07, 6.45) is -0.682. The van der Waals surface area contributed by atoms with Crippen molar-refractivity contribution in [2.45, 2.75) is 20.0 Å². The highest BCUT2D eigenvalue weighted by atomic mass is 79.9. The van der Waals surface area contributed by atoms with Crippen molar-refractivity contribution >= 4 is 15.9 Å². The Kier molecular flexibility index (Phi) is 4.61. The van der Waals surface area contributed by atoms with E-state index in [9.17, 15) is 5.11 Å². The second kappa shape index (κ2) is 6.22. The van der Waals surface area contributed by atoms with Crippen molar-refractivity contribution in [2.24, 2.45) is 0 Å². The van der Waals surface area contributed by atoms with Crippen LogP contribution in [0.4, 0.5) is 0 Å². The summed E-state index contributed by atoms with van der Waals surface area (Å²) in [4.78, 5) is 0. The average molecular weight is 321 g/mol. The normalized spacial score (nSPS) is 12.2. The molecule has 2 nitrogen and oxygen atoms in total. The van der Waals surface area contributed by atoms with Gasteiger partial charge in [0, 0.05) is 10.0 Å². The highest BCUT2D eigenvalue weighted by Gasteiger charge is 2.16. The summed E-state index contributed by atoms with van der Waals surface area (Å²) in [5.41, 5.74) is 2.78. The van der Waals surface area contributed by atoms with Crippen LogP contribution in [0, 0.1) is 6.92 Å². The van der Waals surface area contributed by atoms with Crippen LogP contribution in [0.1, 0.15) is 29.7 Å². The predicted octanol–water partition coefficient (Wildman–Crippen LogP) is 4.24. The smallest absolute Gasteiger partial charge is 0.125 e. The van der Waals surface area contributed by atoms with Crippen molar-refractivity contribution in [2.75, 3.05) is 6.61 Å². The fraction of sp³-hybridized carbons (Fsp3) is 0.250. The van der Waals surface area contributed by atoms with E-state index in [1.165, 1.54) is 0 Å². The van der Waals surface area contributed by atoms with E-state index in [0.29, 0.717) is 6.61 Å². The molecule has 2 aromatic rings. The van der Waals surface area contributed by atoms with Gasteiger partial charge in [-0.05, 0) is 37.6 Å². The number of rotatable bonds is 4. The van der Waals surface area contributed by atoms with Crippen molar-refractivity contribution < 1.29 is 9.84 Å². The maximum absolute atomic E-state index is 10.5. The third-order valence-corrected chi connectivity index (χ3v) is 3.42. The molecule has 0 aliphatic rings. The lowest BCUT2D eigenvalue weighted by Crippen LogP contribution is -2.04. The number of aryl methyl sites for hydroxylation is 1. The Hall–Kier alpha value is -1.32. The molecule has 19 heavy (non-hydrogen) atoms. The molecular formula is C16H17BrO2. The number of aliphatic hydroxyl groups is 1. The summed E-state index contributed by atoms with van der Waals surface area (Å²) in [5.74, 6) is 0.722. The highest BCUT2D eigenvalue weighted by molar-refractivity contribution is 9.10. The van der Waals surface area contributed by atoms with E-state index in [0.717, 1.165) is 26.9 Å². The van der Waals surface area contributed by atoms with Crippen LogP contribution in [-0.4, -0.2) is 11.7 Å². The minimum Gasteiger partial charge on any atom is -0.493 e. The molecule has 1 unspecified atom stereocenters. The molecule has 2 rings (SSSR count). The third-order valence-electron chi connectivity index (χ3n) is 2.92. The van der Waals surface area contributed by atoms with Gasteiger partial charge in [-0.15, -0.1) is 0 Å². The van der Waals surface area contributed by atoms with Gasteiger partial charge in [-0.1, -0.05) is 45.8 Å². The Balaban J connectivity index is 2.42. The largest absolute Gasteiger partial charge is 0.493 e. The van der Waals surface area contributed by atoms with Gasteiger partial charge < -0.3 is 9.84 Å². The van der Waals surface area contributed by atoms with Crippen LogP contribution >= 0.6 is 15.9 Å². The SMILES string of the molecule is CCOc1ccc(Br)cc1C(O)c1cccc(C)c1. The number of aliphatic hydroxyl groups excluding tert-OH is 1. The summed E-state index contributed by atoms with van der Waals surface area (Å²) in [6.45, 7) is 4.53. The van der Waals surface area contributed by atoms with Gasteiger partial charge in [-0.25, -0.2) is 0 Å². The van der Waals surface area contributed by atoms with E-state index in [1.807, 2.05) is 56.3 Å². The van der Waals surface area contributed by atoms with Crippen molar-refractivity contribution in [1.82, 2.24) is 0 Å². The molecule has 0 aliphatic carbocycles. The Morgan fingerprint density at radius 1 is 1.21 bits per heavy atom. The number of hydrogen-bond acceptors (Lipinski definition) is 2. The minimum atomic E-state index is -0.682. The van der Waals surface area contributed by atoms with Crippen molar-refractivity contribution in [3.63, 3.8) is 0 Å². The van der Waals surface area contributed by atoms with Crippen LogP contribution in [0.3, 0.4) is 0 Å². The quantitative estimate of drug-likeness (QED) is 0.913. The maximum Gasteiger partial charge on any atom is 0.125 e. The van der Waals surface area contributed by atoms with Gasteiger partial charge in [0.2, 0.25) is 0 Å². The van der Waals surface area contributed by atoms with Crippen molar-refractivity contribution in [3.8, 4) is 5.75 Å². The lowest BCUT2D eigenvalue weighted by molar-refractivity contribution is 0.212. The first-order chi connectivity index (χ1) is 9.11. The number of hydrogen-bond donors (Lipinski definition) is 1. The van der Waals surface area contributed by atoms with Gasteiger partial charge >= 0.3 is 0 Å². The molecule has 100 valence electrons. The molecule has 0 radical (unpaired) electrons. The third kappa shape index (κ3) is 3.37. The molecule has 0 amide bonds. The molecule has 1 atom stereocenters. The van der Waals surface area contributed by atoms with Crippen LogP contribution in [-0.2, 0) is 0 Å². The molecule has 2 aromatic carbocycles.